The van der Waals surface area contributed by atoms with Gasteiger partial charge in [-0.3, -0.25) is 36.8 Å². The maximum atomic E-state index is 13.4. The molecule has 3 aliphatic rings. The van der Waals surface area contributed by atoms with E-state index < -0.39 is 89.1 Å². The average molecular weight is 738 g/mol. The lowest BCUT2D eigenvalue weighted by molar-refractivity contribution is -0.0672. The number of phosphoric ester groups is 2. The fourth-order valence-electron chi connectivity index (χ4n) is 6.34. The summed E-state index contributed by atoms with van der Waals surface area (Å²) in [5.41, 5.74) is -1.08. The summed E-state index contributed by atoms with van der Waals surface area (Å²) in [6.07, 6.45) is -4.95. The fraction of sp³-hybridized carbons (Fsp3) is 0.417. The highest BCUT2D eigenvalue weighted by Crippen LogP contribution is 2.53. The monoisotopic (exact) mass is 738 g/mol. The molecule has 3 fully saturated rings. The van der Waals surface area contributed by atoms with Gasteiger partial charge in [-0.1, -0.05) is 0 Å². The first-order chi connectivity index (χ1) is 23.9. The van der Waals surface area contributed by atoms with Crippen molar-refractivity contribution in [2.75, 3.05) is 13.2 Å². The van der Waals surface area contributed by atoms with E-state index in [1.54, 1.807) is 0 Å². The van der Waals surface area contributed by atoms with Crippen molar-refractivity contribution in [3.63, 3.8) is 0 Å². The van der Waals surface area contributed by atoms with E-state index in [9.17, 15) is 38.7 Å². The molecule has 0 radical (unpaired) electrons. The number of hydrogen-bond donors (Lipinski definition) is 6. The lowest BCUT2D eigenvalue weighted by Crippen LogP contribution is -2.36. The number of fused-ring (bicyclic) bond motifs is 7. The average Bonchev–Trinajstić information content (AvgIpc) is 3.92. The summed E-state index contributed by atoms with van der Waals surface area (Å²) >= 11 is 0. The number of aromatic nitrogens is 10. The molecule has 0 saturated carbocycles. The van der Waals surface area contributed by atoms with Gasteiger partial charge in [-0.15, -0.1) is 0 Å². The number of ether oxygens (including phenoxy) is 2. The Labute approximate surface area is 274 Å². The van der Waals surface area contributed by atoms with Crippen LogP contribution in [0.25, 0.3) is 33.9 Å². The molecule has 6 aromatic heterocycles. The lowest BCUT2D eigenvalue weighted by Gasteiger charge is -2.25. The van der Waals surface area contributed by atoms with Crippen LogP contribution in [-0.2, 0) is 36.7 Å². The van der Waals surface area contributed by atoms with Crippen LogP contribution < -0.4 is 11.1 Å². The third-order valence-corrected chi connectivity index (χ3v) is 10.6. The summed E-state index contributed by atoms with van der Waals surface area (Å²) < 4.78 is 64.3. The van der Waals surface area contributed by atoms with Crippen molar-refractivity contribution in [3.05, 3.63) is 58.1 Å². The molecule has 3 saturated heterocycles. The molecule has 2 unspecified atom stereocenters. The summed E-state index contributed by atoms with van der Waals surface area (Å²) in [6, 6.07) is 0. The molecule has 24 nitrogen and oxygen atoms in total. The van der Waals surface area contributed by atoms with Gasteiger partial charge >= 0.3 is 15.6 Å². The number of rotatable bonds is 2. The number of phosphoric acid groups is 2. The zero-order chi connectivity index (χ0) is 34.7. The van der Waals surface area contributed by atoms with E-state index in [4.69, 9.17) is 27.6 Å². The summed E-state index contributed by atoms with van der Waals surface area (Å²) in [7, 11) is -10.3. The quantitative estimate of drug-likeness (QED) is 0.108. The van der Waals surface area contributed by atoms with Crippen molar-refractivity contribution in [1.82, 2.24) is 47.8 Å². The topological polar surface area (TPSA) is 306 Å². The maximum Gasteiger partial charge on any atom is 0.472 e. The number of aliphatic hydroxyl groups excluding tert-OH is 2. The Bertz CT molecular complexity index is 2520. The number of hydrogen-bond acceptors (Lipinski definition) is 16. The molecule has 6 N–H and O–H groups in total. The molecule has 9 rings (SSSR count). The predicted molar refractivity (Wildman–Crippen MR) is 159 cm³/mol. The Balaban J connectivity index is 1.04. The lowest BCUT2D eigenvalue weighted by atomic mass is 10.1. The van der Waals surface area contributed by atoms with Gasteiger partial charge in [0, 0.05) is 24.8 Å². The standard InChI is InChI=1S/C24H24N10O14P2/c35-13-9-5-43-49(39,40)47-15-10(46-21(14(15)36)33-7-27-11-17(33)29-23-25-1-3-31(23)19(11)37)6-44-50(41,42)48-16(13)22(45-9)34-8-28-12-18(34)30-24-26-2-4-32(24)20(12)38/h1-4,7-10,13-16,21-22,35-36H,5-6H2,(H,25,29)(H,26,30)(H,39,40)(H,41,42)/t9-,10-,13-,14-,15-,16-,21-,22-/m1/s1. The molecule has 50 heavy (non-hydrogen) atoms. The zero-order valence-corrected chi connectivity index (χ0v) is 26.6. The van der Waals surface area contributed by atoms with Crippen LogP contribution in [-0.4, -0.2) is 118 Å². The Kier molecular flexibility index (Phi) is 7.10. The van der Waals surface area contributed by atoms with Gasteiger partial charge in [0.05, 0.1) is 25.9 Å². The molecule has 26 heteroatoms. The third-order valence-electron chi connectivity index (χ3n) is 8.66. The van der Waals surface area contributed by atoms with Crippen molar-refractivity contribution in [3.8, 4) is 0 Å². The predicted octanol–water partition coefficient (Wildman–Crippen LogP) is -1.71. The normalized spacial score (nSPS) is 35.4. The number of nitrogens with one attached hydrogen (secondary N) is 2. The summed E-state index contributed by atoms with van der Waals surface area (Å²) in [5.74, 6) is 0.279. The first kappa shape index (κ1) is 31.8. The zero-order valence-electron chi connectivity index (χ0n) is 24.8. The fourth-order valence-corrected chi connectivity index (χ4v) is 8.24. The molecule has 0 spiro atoms. The summed E-state index contributed by atoms with van der Waals surface area (Å²) in [5, 5.41) is 22.5. The smallest absolute Gasteiger partial charge is 0.387 e. The molecule has 6 aromatic rings. The minimum atomic E-state index is -5.15. The Morgan fingerprint density at radius 2 is 1.20 bits per heavy atom. The second-order valence-corrected chi connectivity index (χ2v) is 14.4. The largest absolute Gasteiger partial charge is 0.472 e. The maximum absolute atomic E-state index is 13.4. The molecule has 3 aliphatic heterocycles. The molecular weight excluding hydrogens is 714 g/mol. The van der Waals surface area contributed by atoms with Crippen LogP contribution in [0.1, 0.15) is 12.5 Å². The molecule has 2 bridgehead atoms. The van der Waals surface area contributed by atoms with Crippen molar-refractivity contribution < 1.29 is 56.7 Å². The van der Waals surface area contributed by atoms with Crippen LogP contribution in [0.3, 0.4) is 0 Å². The Morgan fingerprint density at radius 3 is 1.78 bits per heavy atom. The minimum absolute atomic E-state index is 0.0520. The Morgan fingerprint density at radius 1 is 0.700 bits per heavy atom. The van der Waals surface area contributed by atoms with Crippen LogP contribution in [0.2, 0.25) is 0 Å². The molecule has 0 aliphatic carbocycles. The van der Waals surface area contributed by atoms with Crippen LogP contribution in [0.5, 0.6) is 0 Å². The molecule has 0 amide bonds. The van der Waals surface area contributed by atoms with Gasteiger partial charge < -0.3 is 39.4 Å². The second kappa shape index (κ2) is 11.2. The van der Waals surface area contributed by atoms with Crippen molar-refractivity contribution in [1.29, 1.82) is 0 Å². The first-order valence-corrected chi connectivity index (χ1v) is 17.7. The summed E-state index contributed by atoms with van der Waals surface area (Å²) in [4.78, 5) is 69.5. The highest BCUT2D eigenvalue weighted by Gasteiger charge is 2.54. The van der Waals surface area contributed by atoms with E-state index in [1.807, 2.05) is 0 Å². The van der Waals surface area contributed by atoms with Gasteiger partial charge in [0.15, 0.2) is 23.5 Å². The van der Waals surface area contributed by atoms with Gasteiger partial charge in [-0.25, -0.2) is 37.9 Å². The van der Waals surface area contributed by atoms with E-state index >= 15 is 0 Å². The van der Waals surface area contributed by atoms with Gasteiger partial charge in [0.2, 0.25) is 11.6 Å². The molecule has 9 heterocycles. The molecule has 0 aromatic carbocycles. The van der Waals surface area contributed by atoms with E-state index in [-0.39, 0.29) is 33.9 Å². The number of H-pyrrole nitrogens is 2. The van der Waals surface area contributed by atoms with E-state index in [1.165, 1.54) is 49.1 Å². The van der Waals surface area contributed by atoms with Crippen molar-refractivity contribution in [2.24, 2.45) is 0 Å². The van der Waals surface area contributed by atoms with Crippen molar-refractivity contribution in [2.45, 2.75) is 49.1 Å². The van der Waals surface area contributed by atoms with Gasteiger partial charge in [0.1, 0.15) is 47.9 Å². The van der Waals surface area contributed by atoms with Crippen molar-refractivity contribution >= 4 is 49.5 Å². The van der Waals surface area contributed by atoms with E-state index in [2.05, 4.69) is 29.9 Å². The second-order valence-electron chi connectivity index (χ2n) is 11.6. The van der Waals surface area contributed by atoms with Gasteiger partial charge in [0.25, 0.3) is 11.1 Å². The highest BCUT2D eigenvalue weighted by atomic mass is 31.2. The minimum Gasteiger partial charge on any atom is -0.387 e. The van der Waals surface area contributed by atoms with Crippen LogP contribution >= 0.6 is 15.6 Å². The number of imidazole rings is 4. The van der Waals surface area contributed by atoms with Crippen LogP contribution in [0.4, 0.5) is 0 Å². The third kappa shape index (κ3) is 4.92. The molecular formula is C24H24N10O14P2. The number of aromatic amines is 2. The number of nitrogens with zero attached hydrogens (tertiary/aromatic N) is 8. The number of aliphatic hydroxyl groups is 2. The van der Waals surface area contributed by atoms with Gasteiger partial charge in [-0.05, 0) is 0 Å². The summed E-state index contributed by atoms with van der Waals surface area (Å²) in [6.45, 7) is -1.68. The van der Waals surface area contributed by atoms with E-state index in [0.29, 0.717) is 0 Å². The first-order valence-electron chi connectivity index (χ1n) is 14.7. The van der Waals surface area contributed by atoms with Crippen LogP contribution in [0.15, 0.2) is 47.0 Å². The highest BCUT2D eigenvalue weighted by molar-refractivity contribution is 7.47. The Hall–Kier alpha value is -4.16. The van der Waals surface area contributed by atoms with E-state index in [0.717, 1.165) is 6.33 Å². The molecule has 10 atom stereocenters. The van der Waals surface area contributed by atoms with Gasteiger partial charge in [-0.2, -0.15) is 0 Å². The molecule has 264 valence electrons. The SMILES string of the molecule is O=c1c2ncn([C@@H]3O[C@@H]4COP(=O)(O)O[C@@H]5[C@H](O)[C@@H](COP(=O)(O)O[C@H]4[C@H]3O)O[C@H]5n3cnc4c(=O)n5ccnc5[nH]c43)c2[nH]c2nccn12. The van der Waals surface area contributed by atoms with Crippen LogP contribution in [0, 0.1) is 0 Å².